The van der Waals surface area contributed by atoms with E-state index in [2.05, 4.69) is 10.3 Å². The molecule has 1 heterocycles. The van der Waals surface area contributed by atoms with Gasteiger partial charge in [0.15, 0.2) is 5.69 Å². The summed E-state index contributed by atoms with van der Waals surface area (Å²) >= 11 is 12.0. The molecule has 11 heteroatoms. The van der Waals surface area contributed by atoms with Gasteiger partial charge in [-0.15, -0.1) is 5.10 Å². The van der Waals surface area contributed by atoms with E-state index in [0.29, 0.717) is 27.2 Å². The summed E-state index contributed by atoms with van der Waals surface area (Å²) in [5, 5.41) is 8.44. The number of hydrogen-bond acceptors (Lipinski definition) is 6. The maximum atomic E-state index is 12.5. The van der Waals surface area contributed by atoms with Crippen LogP contribution in [-0.4, -0.2) is 36.4 Å². The molecule has 146 valence electrons. The summed E-state index contributed by atoms with van der Waals surface area (Å²) in [6.45, 7) is 1.57. The summed E-state index contributed by atoms with van der Waals surface area (Å²) in [6.07, 6.45) is 0. The highest BCUT2D eigenvalue weighted by atomic mass is 35.5. The Labute approximate surface area is 171 Å². The van der Waals surface area contributed by atoms with E-state index >= 15 is 0 Å². The molecule has 8 nitrogen and oxygen atoms in total. The molecule has 0 bridgehead atoms. The number of carbonyl (C=O) groups excluding carboxylic acids is 1. The zero-order valence-electron chi connectivity index (χ0n) is 14.7. The van der Waals surface area contributed by atoms with Crippen LogP contribution in [0.25, 0.3) is 5.69 Å². The second-order valence-corrected chi connectivity index (χ2v) is 8.23. The maximum absolute atomic E-state index is 12.5. The standard InChI is InChI=1S/C17H14Cl2N4O4S/c1-10-16(20-22-23(10)13-7-11(18)6-12(19)8-13)17(24)21-28(25,26)15-5-3-4-14(9-15)27-2/h3-9H,1-2H3,(H,21,24). The van der Waals surface area contributed by atoms with Gasteiger partial charge in [0.05, 0.1) is 23.4 Å². The highest BCUT2D eigenvalue weighted by Crippen LogP contribution is 2.23. The average molecular weight is 441 g/mol. The van der Waals surface area contributed by atoms with Crippen LogP contribution in [-0.2, 0) is 10.0 Å². The van der Waals surface area contributed by atoms with Crippen molar-refractivity contribution in [3.8, 4) is 11.4 Å². The second-order valence-electron chi connectivity index (χ2n) is 5.68. The molecule has 0 aliphatic heterocycles. The molecule has 0 radical (unpaired) electrons. The third kappa shape index (κ3) is 4.11. The number of ether oxygens (including phenoxy) is 1. The van der Waals surface area contributed by atoms with Gasteiger partial charge in [-0.2, -0.15) is 0 Å². The number of nitrogens with zero attached hydrogens (tertiary/aromatic N) is 3. The minimum absolute atomic E-state index is 0.119. The van der Waals surface area contributed by atoms with E-state index in [-0.39, 0.29) is 10.6 Å². The molecule has 28 heavy (non-hydrogen) atoms. The van der Waals surface area contributed by atoms with Gasteiger partial charge in [-0.3, -0.25) is 4.79 Å². The van der Waals surface area contributed by atoms with Crippen molar-refractivity contribution in [2.45, 2.75) is 11.8 Å². The Balaban J connectivity index is 1.90. The first-order valence-electron chi connectivity index (χ1n) is 7.81. The molecule has 0 fully saturated rings. The minimum atomic E-state index is -4.12. The second kappa shape index (κ2) is 7.78. The molecule has 0 saturated heterocycles. The lowest BCUT2D eigenvalue weighted by molar-refractivity contribution is 0.0976. The molecule has 0 atom stereocenters. The fraction of sp³-hybridized carbons (Fsp3) is 0.118. The lowest BCUT2D eigenvalue weighted by Gasteiger charge is -2.08. The Morgan fingerprint density at radius 1 is 1.14 bits per heavy atom. The zero-order valence-corrected chi connectivity index (χ0v) is 17.0. The molecule has 0 unspecified atom stereocenters. The van der Waals surface area contributed by atoms with Crippen LogP contribution in [0.5, 0.6) is 5.75 Å². The summed E-state index contributed by atoms with van der Waals surface area (Å²) in [5.41, 5.74) is 0.649. The Morgan fingerprint density at radius 2 is 1.82 bits per heavy atom. The van der Waals surface area contributed by atoms with Crippen molar-refractivity contribution in [3.63, 3.8) is 0 Å². The molecular weight excluding hydrogens is 427 g/mol. The third-order valence-corrected chi connectivity index (χ3v) is 5.55. The summed E-state index contributed by atoms with van der Waals surface area (Å²) < 4.78 is 33.3. The Bertz CT molecular complexity index is 1140. The van der Waals surface area contributed by atoms with Crippen molar-refractivity contribution in [3.05, 3.63) is 63.9 Å². The van der Waals surface area contributed by atoms with Crippen molar-refractivity contribution in [2.75, 3.05) is 7.11 Å². The van der Waals surface area contributed by atoms with Crippen LogP contribution in [0, 0.1) is 6.92 Å². The van der Waals surface area contributed by atoms with Crippen molar-refractivity contribution in [2.24, 2.45) is 0 Å². The fourth-order valence-electron chi connectivity index (χ4n) is 2.44. The van der Waals surface area contributed by atoms with E-state index in [9.17, 15) is 13.2 Å². The van der Waals surface area contributed by atoms with E-state index in [0.717, 1.165) is 0 Å². The molecule has 0 saturated carbocycles. The Kier molecular flexibility index (Phi) is 5.59. The average Bonchev–Trinajstić information content (AvgIpc) is 3.02. The first kappa shape index (κ1) is 20.1. The van der Waals surface area contributed by atoms with Gasteiger partial charge >= 0.3 is 0 Å². The minimum Gasteiger partial charge on any atom is -0.497 e. The molecule has 0 aliphatic rings. The number of methoxy groups -OCH3 is 1. The van der Waals surface area contributed by atoms with Gasteiger partial charge in [0.1, 0.15) is 5.75 Å². The number of nitrogens with one attached hydrogen (secondary N) is 1. The molecule has 3 aromatic rings. The highest BCUT2D eigenvalue weighted by molar-refractivity contribution is 7.90. The van der Waals surface area contributed by atoms with Crippen molar-refractivity contribution < 1.29 is 17.9 Å². The predicted octanol–water partition coefficient (Wildman–Crippen LogP) is 3.01. The van der Waals surface area contributed by atoms with Gasteiger partial charge in [-0.25, -0.2) is 17.8 Å². The fourth-order valence-corrected chi connectivity index (χ4v) is 3.95. The maximum Gasteiger partial charge on any atom is 0.287 e. The van der Waals surface area contributed by atoms with Gasteiger partial charge < -0.3 is 4.74 Å². The summed E-state index contributed by atoms with van der Waals surface area (Å²) in [4.78, 5) is 12.4. The van der Waals surface area contributed by atoms with Crippen molar-refractivity contribution in [1.82, 2.24) is 19.7 Å². The molecular formula is C17H14Cl2N4O4S. The van der Waals surface area contributed by atoms with Crippen LogP contribution in [0.1, 0.15) is 16.2 Å². The zero-order chi connectivity index (χ0) is 20.5. The molecule has 3 rings (SSSR count). The number of halogens is 2. The van der Waals surface area contributed by atoms with Crippen LogP contribution >= 0.6 is 23.2 Å². The number of carbonyl (C=O) groups is 1. The topological polar surface area (TPSA) is 103 Å². The van der Waals surface area contributed by atoms with Crippen LogP contribution in [0.2, 0.25) is 10.0 Å². The number of rotatable bonds is 5. The summed E-state index contributed by atoms with van der Waals surface area (Å²) in [5.74, 6) is -0.574. The Hall–Kier alpha value is -2.62. The number of aromatic nitrogens is 3. The van der Waals surface area contributed by atoms with Crippen LogP contribution < -0.4 is 9.46 Å². The first-order chi connectivity index (χ1) is 13.2. The predicted molar refractivity (Wildman–Crippen MR) is 104 cm³/mol. The van der Waals surface area contributed by atoms with Crippen molar-refractivity contribution in [1.29, 1.82) is 0 Å². The largest absolute Gasteiger partial charge is 0.497 e. The lowest BCUT2D eigenvalue weighted by Crippen LogP contribution is -2.31. The van der Waals surface area contributed by atoms with E-state index in [1.807, 2.05) is 4.72 Å². The van der Waals surface area contributed by atoms with Crippen LogP contribution in [0.15, 0.2) is 47.4 Å². The number of hydrogen-bond donors (Lipinski definition) is 1. The molecule has 0 spiro atoms. The smallest absolute Gasteiger partial charge is 0.287 e. The highest BCUT2D eigenvalue weighted by Gasteiger charge is 2.24. The van der Waals surface area contributed by atoms with Crippen molar-refractivity contribution >= 4 is 39.1 Å². The van der Waals surface area contributed by atoms with Gasteiger partial charge in [0.2, 0.25) is 0 Å². The van der Waals surface area contributed by atoms with Crippen LogP contribution in [0.4, 0.5) is 0 Å². The summed E-state index contributed by atoms with van der Waals surface area (Å²) in [6, 6.07) is 10.5. The normalized spacial score (nSPS) is 11.3. The molecule has 1 amide bonds. The summed E-state index contributed by atoms with van der Waals surface area (Å²) in [7, 11) is -2.71. The van der Waals surface area contributed by atoms with Crippen LogP contribution in [0.3, 0.4) is 0 Å². The lowest BCUT2D eigenvalue weighted by atomic mass is 10.3. The van der Waals surface area contributed by atoms with Gasteiger partial charge in [-0.05, 0) is 37.3 Å². The SMILES string of the molecule is COc1cccc(S(=O)(=O)NC(=O)c2nnn(-c3cc(Cl)cc(Cl)c3)c2C)c1. The number of sulfonamides is 1. The number of benzene rings is 2. The van der Waals surface area contributed by atoms with E-state index in [1.54, 1.807) is 31.2 Å². The molecule has 0 aliphatic carbocycles. The van der Waals surface area contributed by atoms with E-state index < -0.39 is 15.9 Å². The Morgan fingerprint density at radius 3 is 2.46 bits per heavy atom. The molecule has 1 aromatic heterocycles. The van der Waals surface area contributed by atoms with Gasteiger partial charge in [0, 0.05) is 16.1 Å². The molecule has 1 N–H and O–H groups in total. The van der Waals surface area contributed by atoms with E-state index in [4.69, 9.17) is 27.9 Å². The monoisotopic (exact) mass is 440 g/mol. The third-order valence-electron chi connectivity index (χ3n) is 3.78. The van der Waals surface area contributed by atoms with Gasteiger partial charge in [-0.1, -0.05) is 34.5 Å². The first-order valence-corrected chi connectivity index (χ1v) is 10.0. The quantitative estimate of drug-likeness (QED) is 0.653. The van der Waals surface area contributed by atoms with E-state index in [1.165, 1.54) is 30.0 Å². The molecule has 2 aromatic carbocycles. The van der Waals surface area contributed by atoms with Gasteiger partial charge in [0.25, 0.3) is 15.9 Å². The number of amides is 1.